The topological polar surface area (TPSA) is 15.7 Å². The number of nitrogens with zero attached hydrogens (tertiary/aromatic N) is 2. The Morgan fingerprint density at radius 3 is 2.76 bits per heavy atom. The van der Waals surface area contributed by atoms with Crippen molar-refractivity contribution in [1.29, 1.82) is 0 Å². The fraction of sp³-hybridized carbons (Fsp3) is 0.846. The van der Waals surface area contributed by atoms with E-state index in [4.69, 9.17) is 4.74 Å². The minimum absolute atomic E-state index is 0.538. The molecule has 2 rings (SSSR count). The van der Waals surface area contributed by atoms with Crippen molar-refractivity contribution in [3.05, 3.63) is 12.4 Å². The predicted octanol–water partition coefficient (Wildman–Crippen LogP) is 2.01. The van der Waals surface area contributed by atoms with E-state index < -0.39 is 0 Å². The average Bonchev–Trinajstić information content (AvgIpc) is 2.40. The average molecular weight is 256 g/mol. The molecule has 0 unspecified atom stereocenters. The summed E-state index contributed by atoms with van der Waals surface area (Å²) < 4.78 is 5.34. The molecule has 0 aromatic carbocycles. The first-order valence-corrected chi connectivity index (χ1v) is 7.75. The van der Waals surface area contributed by atoms with Gasteiger partial charge in [-0.15, -0.1) is 0 Å². The van der Waals surface area contributed by atoms with E-state index in [9.17, 15) is 0 Å². The normalized spacial score (nSPS) is 26.1. The van der Waals surface area contributed by atoms with Crippen LogP contribution in [-0.4, -0.2) is 60.7 Å². The van der Waals surface area contributed by atoms with Crippen LogP contribution in [0.25, 0.3) is 0 Å². The van der Waals surface area contributed by atoms with Crippen molar-refractivity contribution in [2.24, 2.45) is 0 Å². The highest BCUT2D eigenvalue weighted by atomic mass is 32.2. The Labute approximate surface area is 109 Å². The minimum Gasteiger partial charge on any atom is -0.383 e. The predicted molar refractivity (Wildman–Crippen MR) is 74.3 cm³/mol. The largest absolute Gasteiger partial charge is 0.383 e. The standard InChI is InChI=1S/C13H24N2OS/c1-12(14-7-9-17-10-8-14)15-6-4-3-5-13(15)11-16-2/h13H,1,3-11H2,2H3/t13-/m0/s1. The maximum Gasteiger partial charge on any atom is 0.0968 e. The van der Waals surface area contributed by atoms with Crippen LogP contribution in [0.15, 0.2) is 12.4 Å². The highest BCUT2D eigenvalue weighted by molar-refractivity contribution is 7.99. The van der Waals surface area contributed by atoms with Crippen LogP contribution in [-0.2, 0) is 4.74 Å². The van der Waals surface area contributed by atoms with Crippen LogP contribution >= 0.6 is 11.8 Å². The van der Waals surface area contributed by atoms with Gasteiger partial charge in [-0.3, -0.25) is 0 Å². The van der Waals surface area contributed by atoms with Crippen molar-refractivity contribution < 1.29 is 4.74 Å². The number of ether oxygens (including phenoxy) is 1. The van der Waals surface area contributed by atoms with Gasteiger partial charge in [0.05, 0.1) is 18.5 Å². The summed E-state index contributed by atoms with van der Waals surface area (Å²) in [6.07, 6.45) is 3.87. The Balaban J connectivity index is 1.94. The van der Waals surface area contributed by atoms with Gasteiger partial charge in [0, 0.05) is 38.2 Å². The first-order valence-electron chi connectivity index (χ1n) is 6.60. The molecule has 0 aromatic heterocycles. The monoisotopic (exact) mass is 256 g/mol. The van der Waals surface area contributed by atoms with Gasteiger partial charge < -0.3 is 14.5 Å². The quantitative estimate of drug-likeness (QED) is 0.764. The second-order valence-electron chi connectivity index (χ2n) is 4.81. The number of hydrogen-bond donors (Lipinski definition) is 0. The molecule has 2 heterocycles. The summed E-state index contributed by atoms with van der Waals surface area (Å²) in [5, 5.41) is 0. The lowest BCUT2D eigenvalue weighted by molar-refractivity contribution is 0.0648. The van der Waals surface area contributed by atoms with E-state index in [0.717, 1.165) is 26.2 Å². The summed E-state index contributed by atoms with van der Waals surface area (Å²) in [5.74, 6) is 3.70. The second-order valence-corrected chi connectivity index (χ2v) is 6.04. The molecule has 3 nitrogen and oxygen atoms in total. The number of rotatable bonds is 4. The molecule has 98 valence electrons. The summed E-state index contributed by atoms with van der Waals surface area (Å²) in [4.78, 5) is 4.92. The van der Waals surface area contributed by atoms with E-state index in [1.807, 2.05) is 11.8 Å². The number of piperidine rings is 1. The first kappa shape index (κ1) is 13.1. The Bertz CT molecular complexity index is 252. The van der Waals surface area contributed by atoms with Crippen molar-refractivity contribution in [3.8, 4) is 0 Å². The van der Waals surface area contributed by atoms with E-state index >= 15 is 0 Å². The lowest BCUT2D eigenvalue weighted by atomic mass is 10.0. The molecule has 1 atom stereocenters. The summed E-state index contributed by atoms with van der Waals surface area (Å²) in [7, 11) is 1.80. The van der Waals surface area contributed by atoms with Crippen LogP contribution in [0.4, 0.5) is 0 Å². The molecular weight excluding hydrogens is 232 g/mol. The third kappa shape index (κ3) is 3.32. The molecule has 0 saturated carbocycles. The minimum atomic E-state index is 0.538. The molecule has 2 aliphatic heterocycles. The van der Waals surface area contributed by atoms with Gasteiger partial charge in [0.15, 0.2) is 0 Å². The van der Waals surface area contributed by atoms with Crippen molar-refractivity contribution in [3.63, 3.8) is 0 Å². The number of hydrogen-bond acceptors (Lipinski definition) is 4. The zero-order valence-electron chi connectivity index (χ0n) is 10.9. The summed E-state index contributed by atoms with van der Waals surface area (Å²) in [6, 6.07) is 0.538. The van der Waals surface area contributed by atoms with Crippen molar-refractivity contribution in [2.45, 2.75) is 25.3 Å². The molecule has 0 aromatic rings. The molecule has 0 amide bonds. The van der Waals surface area contributed by atoms with Gasteiger partial charge in [-0.1, -0.05) is 6.58 Å². The number of likely N-dealkylation sites (tertiary alicyclic amines) is 1. The third-order valence-electron chi connectivity index (χ3n) is 3.69. The molecule has 0 spiro atoms. The van der Waals surface area contributed by atoms with Crippen molar-refractivity contribution >= 4 is 11.8 Å². The van der Waals surface area contributed by atoms with Crippen LogP contribution in [0.5, 0.6) is 0 Å². The van der Waals surface area contributed by atoms with Gasteiger partial charge in [0.2, 0.25) is 0 Å². The number of thioether (sulfide) groups is 1. The molecule has 0 bridgehead atoms. The SMILES string of the molecule is C=C(N1CCSCC1)N1CCCC[C@H]1COC. The second kappa shape index (κ2) is 6.55. The lowest BCUT2D eigenvalue weighted by Gasteiger charge is -2.43. The first-order chi connectivity index (χ1) is 8.33. The Morgan fingerprint density at radius 2 is 2.06 bits per heavy atom. The van der Waals surface area contributed by atoms with Gasteiger partial charge in [-0.25, -0.2) is 0 Å². The fourth-order valence-electron chi connectivity index (χ4n) is 2.71. The Hall–Kier alpha value is -0.350. The molecule has 0 aliphatic carbocycles. The van der Waals surface area contributed by atoms with Crippen LogP contribution in [0.3, 0.4) is 0 Å². The van der Waals surface area contributed by atoms with E-state index in [0.29, 0.717) is 6.04 Å². The zero-order valence-corrected chi connectivity index (χ0v) is 11.7. The van der Waals surface area contributed by atoms with Gasteiger partial charge in [0.1, 0.15) is 0 Å². The number of methoxy groups -OCH3 is 1. The molecular formula is C13H24N2OS. The van der Waals surface area contributed by atoms with E-state index in [1.165, 1.54) is 36.6 Å². The van der Waals surface area contributed by atoms with Gasteiger partial charge in [0.25, 0.3) is 0 Å². The lowest BCUT2D eigenvalue weighted by Crippen LogP contribution is -2.47. The van der Waals surface area contributed by atoms with Gasteiger partial charge in [-0.05, 0) is 19.3 Å². The van der Waals surface area contributed by atoms with Gasteiger partial charge >= 0.3 is 0 Å². The maximum absolute atomic E-state index is 5.34. The molecule has 17 heavy (non-hydrogen) atoms. The molecule has 2 aliphatic rings. The molecule has 2 saturated heterocycles. The van der Waals surface area contributed by atoms with Crippen LogP contribution < -0.4 is 0 Å². The smallest absolute Gasteiger partial charge is 0.0968 e. The van der Waals surface area contributed by atoms with Crippen molar-refractivity contribution in [1.82, 2.24) is 9.80 Å². The van der Waals surface area contributed by atoms with Crippen molar-refractivity contribution in [2.75, 3.05) is 44.9 Å². The molecule has 0 N–H and O–H groups in total. The van der Waals surface area contributed by atoms with Crippen LogP contribution in [0.2, 0.25) is 0 Å². The van der Waals surface area contributed by atoms with E-state index in [1.54, 1.807) is 7.11 Å². The van der Waals surface area contributed by atoms with E-state index in [-0.39, 0.29) is 0 Å². The zero-order chi connectivity index (χ0) is 12.1. The Kier molecular flexibility index (Phi) is 5.04. The molecule has 4 heteroatoms. The highest BCUT2D eigenvalue weighted by Gasteiger charge is 2.26. The maximum atomic E-state index is 5.34. The fourth-order valence-corrected chi connectivity index (χ4v) is 3.61. The molecule has 2 fully saturated rings. The Morgan fingerprint density at radius 1 is 1.29 bits per heavy atom. The van der Waals surface area contributed by atoms with Crippen LogP contribution in [0, 0.1) is 0 Å². The summed E-state index contributed by atoms with van der Waals surface area (Å²) in [6.45, 7) is 8.61. The van der Waals surface area contributed by atoms with Crippen LogP contribution in [0.1, 0.15) is 19.3 Å². The highest BCUT2D eigenvalue weighted by Crippen LogP contribution is 2.24. The summed E-state index contributed by atoms with van der Waals surface area (Å²) in [5.41, 5.74) is 0. The third-order valence-corrected chi connectivity index (χ3v) is 4.64. The summed E-state index contributed by atoms with van der Waals surface area (Å²) >= 11 is 2.05. The van der Waals surface area contributed by atoms with E-state index in [2.05, 4.69) is 16.4 Å². The van der Waals surface area contributed by atoms with Gasteiger partial charge in [-0.2, -0.15) is 11.8 Å². The molecule has 0 radical (unpaired) electrons.